The van der Waals surface area contributed by atoms with Crippen LogP contribution in [0.4, 0.5) is 0 Å². The summed E-state index contributed by atoms with van der Waals surface area (Å²) in [6, 6.07) is 0.163. The van der Waals surface area contributed by atoms with Crippen LogP contribution in [0.25, 0.3) is 0 Å². The number of hydrogen-bond donors (Lipinski definition) is 0. The van der Waals surface area contributed by atoms with Crippen molar-refractivity contribution in [2.75, 3.05) is 12.8 Å². The van der Waals surface area contributed by atoms with Gasteiger partial charge in [-0.1, -0.05) is 20.8 Å². The van der Waals surface area contributed by atoms with Gasteiger partial charge in [-0.2, -0.15) is 0 Å². The van der Waals surface area contributed by atoms with Gasteiger partial charge in [-0.15, -0.1) is 0 Å². The second-order valence-corrected chi connectivity index (χ2v) is 5.45. The van der Waals surface area contributed by atoms with Crippen molar-refractivity contribution in [3.8, 4) is 0 Å². The van der Waals surface area contributed by atoms with Gasteiger partial charge in [-0.25, -0.2) is 12.7 Å². The minimum Gasteiger partial charge on any atom is -0.212 e. The first-order chi connectivity index (χ1) is 5.99. The predicted molar refractivity (Wildman–Crippen MR) is 56.2 cm³/mol. The number of rotatable bonds is 6. The summed E-state index contributed by atoms with van der Waals surface area (Å²) in [5, 5.41) is 0. The molecule has 0 N–H and O–H groups in total. The fraction of sp³-hybridized carbons (Fsp3) is 1.00. The quantitative estimate of drug-likeness (QED) is 0.666. The highest BCUT2D eigenvalue weighted by Gasteiger charge is 2.22. The standard InChI is InChI=1S/C9H21NO2S/c1-5-8-13(11,12)10(4)9(6-2)7-3/h9H,5-8H2,1-4H3. The summed E-state index contributed by atoms with van der Waals surface area (Å²) in [6.07, 6.45) is 2.46. The van der Waals surface area contributed by atoms with E-state index in [0.29, 0.717) is 6.42 Å². The van der Waals surface area contributed by atoms with Crippen LogP contribution in [0.15, 0.2) is 0 Å². The largest absolute Gasteiger partial charge is 0.214 e. The molecular weight excluding hydrogens is 186 g/mol. The van der Waals surface area contributed by atoms with Crippen LogP contribution in [0.5, 0.6) is 0 Å². The molecule has 0 atom stereocenters. The molecule has 0 saturated heterocycles. The molecule has 0 amide bonds. The van der Waals surface area contributed by atoms with Crippen LogP contribution >= 0.6 is 0 Å². The van der Waals surface area contributed by atoms with Crippen molar-refractivity contribution < 1.29 is 8.42 Å². The minimum atomic E-state index is -3.00. The zero-order valence-corrected chi connectivity index (χ0v) is 9.89. The zero-order valence-electron chi connectivity index (χ0n) is 9.08. The summed E-state index contributed by atoms with van der Waals surface area (Å²) in [5.41, 5.74) is 0. The highest BCUT2D eigenvalue weighted by atomic mass is 32.2. The molecular formula is C9H21NO2S. The molecule has 80 valence electrons. The van der Waals surface area contributed by atoms with Gasteiger partial charge in [-0.05, 0) is 19.3 Å². The smallest absolute Gasteiger partial charge is 0.212 e. The Morgan fingerprint density at radius 3 is 1.92 bits per heavy atom. The number of nitrogens with zero attached hydrogens (tertiary/aromatic N) is 1. The topological polar surface area (TPSA) is 37.4 Å². The first kappa shape index (κ1) is 12.9. The average molecular weight is 207 g/mol. The van der Waals surface area contributed by atoms with Crippen LogP contribution < -0.4 is 0 Å². The molecule has 0 heterocycles. The first-order valence-electron chi connectivity index (χ1n) is 4.95. The molecule has 0 rings (SSSR count). The second-order valence-electron chi connectivity index (χ2n) is 3.30. The molecule has 0 aromatic carbocycles. The van der Waals surface area contributed by atoms with E-state index in [4.69, 9.17) is 0 Å². The van der Waals surface area contributed by atoms with Crippen molar-refractivity contribution in [1.82, 2.24) is 4.31 Å². The molecule has 0 saturated carbocycles. The molecule has 0 bridgehead atoms. The highest BCUT2D eigenvalue weighted by Crippen LogP contribution is 2.11. The van der Waals surface area contributed by atoms with Gasteiger partial charge in [0.25, 0.3) is 0 Å². The third-order valence-electron chi connectivity index (χ3n) is 2.36. The van der Waals surface area contributed by atoms with E-state index >= 15 is 0 Å². The molecule has 0 radical (unpaired) electrons. The summed E-state index contributed by atoms with van der Waals surface area (Å²) >= 11 is 0. The Morgan fingerprint density at radius 2 is 1.62 bits per heavy atom. The fourth-order valence-electron chi connectivity index (χ4n) is 1.43. The maximum Gasteiger partial charge on any atom is 0.214 e. The van der Waals surface area contributed by atoms with E-state index < -0.39 is 10.0 Å². The van der Waals surface area contributed by atoms with Crippen LogP contribution in [-0.4, -0.2) is 31.6 Å². The Balaban J connectivity index is 4.46. The van der Waals surface area contributed by atoms with Crippen molar-refractivity contribution >= 4 is 10.0 Å². The maximum absolute atomic E-state index is 11.6. The lowest BCUT2D eigenvalue weighted by Gasteiger charge is -2.25. The van der Waals surface area contributed by atoms with E-state index in [1.165, 1.54) is 4.31 Å². The van der Waals surface area contributed by atoms with Crippen molar-refractivity contribution in [3.05, 3.63) is 0 Å². The Bertz CT molecular complexity index is 220. The maximum atomic E-state index is 11.6. The zero-order chi connectivity index (χ0) is 10.5. The summed E-state index contributed by atoms with van der Waals surface area (Å²) in [4.78, 5) is 0. The minimum absolute atomic E-state index is 0.163. The summed E-state index contributed by atoms with van der Waals surface area (Å²) in [6.45, 7) is 5.93. The lowest BCUT2D eigenvalue weighted by atomic mass is 10.2. The van der Waals surface area contributed by atoms with Gasteiger partial charge in [0.15, 0.2) is 0 Å². The Hall–Kier alpha value is -0.0900. The van der Waals surface area contributed by atoms with Crippen molar-refractivity contribution in [1.29, 1.82) is 0 Å². The highest BCUT2D eigenvalue weighted by molar-refractivity contribution is 7.89. The second kappa shape index (κ2) is 5.60. The third-order valence-corrected chi connectivity index (χ3v) is 4.46. The summed E-state index contributed by atoms with van der Waals surface area (Å²) in [5.74, 6) is 0.264. The lowest BCUT2D eigenvalue weighted by molar-refractivity contribution is 0.349. The fourth-order valence-corrected chi connectivity index (χ4v) is 2.99. The van der Waals surface area contributed by atoms with Gasteiger partial charge in [0.05, 0.1) is 5.75 Å². The Labute approximate surface area is 82.2 Å². The van der Waals surface area contributed by atoms with Gasteiger partial charge in [0, 0.05) is 13.1 Å². The Kier molecular flexibility index (Phi) is 5.56. The van der Waals surface area contributed by atoms with E-state index in [1.54, 1.807) is 7.05 Å². The van der Waals surface area contributed by atoms with Crippen LogP contribution in [0.3, 0.4) is 0 Å². The molecule has 0 aliphatic heterocycles. The average Bonchev–Trinajstić information content (AvgIpc) is 2.06. The van der Waals surface area contributed by atoms with Crippen LogP contribution in [-0.2, 0) is 10.0 Å². The van der Waals surface area contributed by atoms with E-state index in [9.17, 15) is 8.42 Å². The first-order valence-corrected chi connectivity index (χ1v) is 6.56. The van der Waals surface area contributed by atoms with Crippen molar-refractivity contribution in [2.45, 2.75) is 46.1 Å². The van der Waals surface area contributed by atoms with Gasteiger partial charge < -0.3 is 0 Å². The molecule has 0 aromatic rings. The van der Waals surface area contributed by atoms with E-state index in [0.717, 1.165) is 12.8 Å². The van der Waals surface area contributed by atoms with Crippen LogP contribution in [0.2, 0.25) is 0 Å². The number of sulfonamides is 1. The van der Waals surface area contributed by atoms with E-state index in [2.05, 4.69) is 0 Å². The third kappa shape index (κ3) is 3.65. The van der Waals surface area contributed by atoms with Crippen LogP contribution in [0.1, 0.15) is 40.0 Å². The summed E-state index contributed by atoms with van der Waals surface area (Å²) in [7, 11) is -1.32. The van der Waals surface area contributed by atoms with E-state index in [-0.39, 0.29) is 11.8 Å². The SMILES string of the molecule is CCCS(=O)(=O)N(C)C(CC)CC. The molecule has 0 unspecified atom stereocenters. The Morgan fingerprint density at radius 1 is 1.15 bits per heavy atom. The molecule has 0 aliphatic carbocycles. The van der Waals surface area contributed by atoms with Gasteiger partial charge in [-0.3, -0.25) is 0 Å². The predicted octanol–water partition coefficient (Wildman–Crippen LogP) is 1.85. The molecule has 0 aromatic heterocycles. The molecule has 3 nitrogen and oxygen atoms in total. The molecule has 4 heteroatoms. The van der Waals surface area contributed by atoms with Gasteiger partial charge >= 0.3 is 0 Å². The monoisotopic (exact) mass is 207 g/mol. The van der Waals surface area contributed by atoms with Gasteiger partial charge in [0.1, 0.15) is 0 Å². The van der Waals surface area contributed by atoms with Crippen molar-refractivity contribution in [3.63, 3.8) is 0 Å². The molecule has 0 aliphatic rings. The normalized spacial score (nSPS) is 12.8. The molecule has 0 fully saturated rings. The number of hydrogen-bond acceptors (Lipinski definition) is 2. The van der Waals surface area contributed by atoms with Gasteiger partial charge in [0.2, 0.25) is 10.0 Å². The lowest BCUT2D eigenvalue weighted by Crippen LogP contribution is -2.37. The molecule has 0 spiro atoms. The molecule has 13 heavy (non-hydrogen) atoms. The van der Waals surface area contributed by atoms with E-state index in [1.807, 2.05) is 20.8 Å². The van der Waals surface area contributed by atoms with Crippen molar-refractivity contribution in [2.24, 2.45) is 0 Å². The van der Waals surface area contributed by atoms with Crippen LogP contribution in [0, 0.1) is 0 Å². The summed E-state index contributed by atoms with van der Waals surface area (Å²) < 4.78 is 24.8.